The lowest BCUT2D eigenvalue weighted by atomic mass is 10.0. The molecule has 16 heavy (non-hydrogen) atoms. The van der Waals surface area contributed by atoms with E-state index in [4.69, 9.17) is 0 Å². The van der Waals surface area contributed by atoms with Gasteiger partial charge in [-0.2, -0.15) is 4.31 Å². The highest BCUT2D eigenvalue weighted by atomic mass is 32.2. The fourth-order valence-corrected chi connectivity index (χ4v) is 3.11. The number of aryl methyl sites for hydroxylation is 1. The molecule has 0 N–H and O–H groups in total. The van der Waals surface area contributed by atoms with Crippen molar-refractivity contribution in [2.75, 3.05) is 13.1 Å². The highest BCUT2D eigenvalue weighted by Crippen LogP contribution is 2.21. The molecule has 1 aromatic rings. The number of piperidine rings is 1. The third kappa shape index (κ3) is 2.10. The predicted octanol–water partition coefficient (Wildman–Crippen LogP) is 0.236. The van der Waals surface area contributed by atoms with Crippen LogP contribution in [0.3, 0.4) is 0 Å². The second kappa shape index (κ2) is 4.14. The zero-order valence-electron chi connectivity index (χ0n) is 9.50. The minimum Gasteiger partial charge on any atom is -0.255 e. The second-order valence-corrected chi connectivity index (χ2v) is 6.12. The second-order valence-electron chi connectivity index (χ2n) is 4.29. The molecule has 1 aliphatic heterocycles. The Labute approximate surface area is 95.3 Å². The van der Waals surface area contributed by atoms with Crippen molar-refractivity contribution in [1.29, 1.82) is 0 Å². The topological polar surface area (TPSA) is 68.1 Å². The molecule has 90 valence electrons. The van der Waals surface area contributed by atoms with Gasteiger partial charge in [-0.1, -0.05) is 6.92 Å². The third-order valence-electron chi connectivity index (χ3n) is 2.89. The van der Waals surface area contributed by atoms with Gasteiger partial charge < -0.3 is 0 Å². The van der Waals surface area contributed by atoms with E-state index < -0.39 is 10.0 Å². The summed E-state index contributed by atoms with van der Waals surface area (Å²) in [6, 6.07) is 0. The minimum atomic E-state index is -3.47. The van der Waals surface area contributed by atoms with Gasteiger partial charge >= 0.3 is 0 Å². The molecule has 1 fully saturated rings. The van der Waals surface area contributed by atoms with Crippen molar-refractivity contribution >= 4 is 10.0 Å². The third-order valence-corrected chi connectivity index (χ3v) is 4.59. The summed E-state index contributed by atoms with van der Waals surface area (Å²) >= 11 is 0. The SMILES string of the molecule is CC1CCN(S(=O)(=O)c2ncn(C)n2)CC1. The number of hydrogen-bond acceptors (Lipinski definition) is 4. The number of rotatable bonds is 2. The van der Waals surface area contributed by atoms with Gasteiger partial charge in [-0.15, -0.1) is 5.10 Å². The van der Waals surface area contributed by atoms with Gasteiger partial charge in [-0.3, -0.25) is 4.68 Å². The maximum absolute atomic E-state index is 12.1. The van der Waals surface area contributed by atoms with E-state index in [0.29, 0.717) is 19.0 Å². The summed E-state index contributed by atoms with van der Waals surface area (Å²) in [6.45, 7) is 3.28. The van der Waals surface area contributed by atoms with Crippen LogP contribution in [-0.4, -0.2) is 40.6 Å². The average molecular weight is 244 g/mol. The number of aromatic nitrogens is 3. The van der Waals surface area contributed by atoms with Crippen molar-refractivity contribution in [3.8, 4) is 0 Å². The number of hydrogen-bond donors (Lipinski definition) is 0. The van der Waals surface area contributed by atoms with E-state index in [-0.39, 0.29) is 5.16 Å². The first-order chi connectivity index (χ1) is 7.50. The molecule has 0 amide bonds. The molecule has 0 unspecified atom stereocenters. The van der Waals surface area contributed by atoms with Gasteiger partial charge in [0.05, 0.1) is 0 Å². The van der Waals surface area contributed by atoms with Gasteiger partial charge in [-0.25, -0.2) is 13.4 Å². The molecule has 0 aliphatic carbocycles. The van der Waals surface area contributed by atoms with E-state index in [9.17, 15) is 8.42 Å². The quantitative estimate of drug-likeness (QED) is 0.747. The van der Waals surface area contributed by atoms with Crippen LogP contribution in [0.2, 0.25) is 0 Å². The van der Waals surface area contributed by atoms with E-state index in [1.807, 2.05) is 0 Å². The highest BCUT2D eigenvalue weighted by molar-refractivity contribution is 7.88. The van der Waals surface area contributed by atoms with Crippen LogP contribution in [0.4, 0.5) is 0 Å². The first kappa shape index (κ1) is 11.5. The lowest BCUT2D eigenvalue weighted by molar-refractivity contribution is 0.286. The lowest BCUT2D eigenvalue weighted by Crippen LogP contribution is -2.38. The van der Waals surface area contributed by atoms with Crippen molar-refractivity contribution in [3.05, 3.63) is 6.33 Å². The maximum Gasteiger partial charge on any atom is 0.282 e. The summed E-state index contributed by atoms with van der Waals surface area (Å²) in [6.07, 6.45) is 3.22. The van der Waals surface area contributed by atoms with Crippen LogP contribution in [0.5, 0.6) is 0 Å². The van der Waals surface area contributed by atoms with Crippen molar-refractivity contribution in [2.24, 2.45) is 13.0 Å². The largest absolute Gasteiger partial charge is 0.282 e. The Hall–Kier alpha value is -0.950. The molecule has 7 heteroatoms. The van der Waals surface area contributed by atoms with Gasteiger partial charge in [0.1, 0.15) is 6.33 Å². The first-order valence-corrected chi connectivity index (χ1v) is 6.80. The summed E-state index contributed by atoms with van der Waals surface area (Å²) in [5.41, 5.74) is 0. The van der Waals surface area contributed by atoms with Gasteiger partial charge in [0, 0.05) is 20.1 Å². The number of nitrogens with zero attached hydrogens (tertiary/aromatic N) is 4. The smallest absolute Gasteiger partial charge is 0.255 e. The first-order valence-electron chi connectivity index (χ1n) is 5.36. The van der Waals surface area contributed by atoms with Gasteiger partial charge in [0.25, 0.3) is 15.2 Å². The average Bonchev–Trinajstić information content (AvgIpc) is 2.66. The molecule has 0 spiro atoms. The molecule has 0 saturated carbocycles. The van der Waals surface area contributed by atoms with Crippen molar-refractivity contribution < 1.29 is 8.42 Å². The van der Waals surface area contributed by atoms with Crippen LogP contribution in [0.25, 0.3) is 0 Å². The van der Waals surface area contributed by atoms with Crippen LogP contribution in [0.15, 0.2) is 11.5 Å². The fraction of sp³-hybridized carbons (Fsp3) is 0.778. The summed E-state index contributed by atoms with van der Waals surface area (Å²) in [5, 5.41) is 3.76. The van der Waals surface area contributed by atoms with Gasteiger partial charge in [0.2, 0.25) is 0 Å². The molecule has 6 nitrogen and oxygen atoms in total. The van der Waals surface area contributed by atoms with Gasteiger partial charge in [-0.05, 0) is 18.8 Å². The van der Waals surface area contributed by atoms with Gasteiger partial charge in [0.15, 0.2) is 0 Å². The normalized spacial score (nSPS) is 20.1. The fourth-order valence-electron chi connectivity index (χ4n) is 1.78. The van der Waals surface area contributed by atoms with Crippen LogP contribution in [-0.2, 0) is 17.1 Å². The van der Waals surface area contributed by atoms with Crippen LogP contribution in [0, 0.1) is 5.92 Å². The van der Waals surface area contributed by atoms with E-state index >= 15 is 0 Å². The molecule has 1 aliphatic rings. The zero-order valence-corrected chi connectivity index (χ0v) is 10.3. The molecular weight excluding hydrogens is 228 g/mol. The zero-order chi connectivity index (χ0) is 11.8. The Morgan fingerprint density at radius 1 is 1.38 bits per heavy atom. The van der Waals surface area contributed by atoms with Crippen LogP contribution < -0.4 is 0 Å². The molecule has 0 aromatic carbocycles. The Balaban J connectivity index is 2.20. The molecule has 1 aromatic heterocycles. The molecule has 1 saturated heterocycles. The minimum absolute atomic E-state index is 0.0930. The molecule has 0 bridgehead atoms. The molecule has 2 rings (SSSR count). The predicted molar refractivity (Wildman–Crippen MR) is 58.2 cm³/mol. The molecular formula is C9H16N4O2S. The Bertz CT molecular complexity index is 460. The van der Waals surface area contributed by atoms with Crippen molar-refractivity contribution in [1.82, 2.24) is 19.1 Å². The maximum atomic E-state index is 12.1. The van der Waals surface area contributed by atoms with E-state index in [0.717, 1.165) is 12.8 Å². The molecule has 2 heterocycles. The summed E-state index contributed by atoms with van der Waals surface area (Å²) in [5.74, 6) is 0.600. The lowest BCUT2D eigenvalue weighted by Gasteiger charge is -2.28. The van der Waals surface area contributed by atoms with Crippen LogP contribution >= 0.6 is 0 Å². The summed E-state index contributed by atoms with van der Waals surface area (Å²) in [4.78, 5) is 3.80. The number of sulfonamides is 1. The Morgan fingerprint density at radius 2 is 2.00 bits per heavy atom. The van der Waals surface area contributed by atoms with E-state index in [1.165, 1.54) is 15.3 Å². The Kier molecular flexibility index (Phi) is 2.98. The standard InChI is InChI=1S/C9H16N4O2S/c1-8-3-5-13(6-4-8)16(14,15)9-10-7-12(2)11-9/h7-8H,3-6H2,1-2H3. The molecule has 0 atom stereocenters. The summed E-state index contributed by atoms with van der Waals surface area (Å²) in [7, 11) is -1.82. The van der Waals surface area contributed by atoms with E-state index in [2.05, 4.69) is 17.0 Å². The summed E-state index contributed by atoms with van der Waals surface area (Å²) < 4.78 is 27.1. The van der Waals surface area contributed by atoms with Crippen molar-refractivity contribution in [3.63, 3.8) is 0 Å². The monoisotopic (exact) mass is 244 g/mol. The molecule has 0 radical (unpaired) electrons. The van der Waals surface area contributed by atoms with Crippen LogP contribution in [0.1, 0.15) is 19.8 Å². The van der Waals surface area contributed by atoms with Crippen molar-refractivity contribution in [2.45, 2.75) is 24.9 Å². The Morgan fingerprint density at radius 3 is 2.50 bits per heavy atom. The highest BCUT2D eigenvalue weighted by Gasteiger charge is 2.30. The van der Waals surface area contributed by atoms with E-state index in [1.54, 1.807) is 7.05 Å².